The maximum Gasteiger partial charge on any atom is 0.243 e. The highest BCUT2D eigenvalue weighted by molar-refractivity contribution is 7.89. The van der Waals surface area contributed by atoms with Gasteiger partial charge in [0.2, 0.25) is 10.0 Å². The van der Waals surface area contributed by atoms with E-state index in [1.54, 1.807) is 25.1 Å². The molecule has 0 amide bonds. The molecule has 1 saturated heterocycles. The highest BCUT2D eigenvalue weighted by Gasteiger charge is 2.32. The first-order valence-corrected chi connectivity index (χ1v) is 9.33. The maximum atomic E-state index is 13.3. The largest absolute Gasteiger partial charge is 0.371 e. The third-order valence-corrected chi connectivity index (χ3v) is 6.26. The number of hydrogen-bond donors (Lipinski definition) is 0. The molecule has 0 spiro atoms. The Morgan fingerprint density at radius 2 is 2.04 bits per heavy atom. The first kappa shape index (κ1) is 17.4. The van der Waals surface area contributed by atoms with E-state index in [0.29, 0.717) is 10.6 Å². The van der Waals surface area contributed by atoms with Gasteiger partial charge in [-0.15, -0.1) is 0 Å². The van der Waals surface area contributed by atoms with Crippen molar-refractivity contribution in [2.75, 3.05) is 19.7 Å². The van der Waals surface area contributed by atoms with Crippen LogP contribution in [-0.4, -0.2) is 32.4 Å². The lowest BCUT2D eigenvalue weighted by molar-refractivity contribution is -0.00256. The molecule has 1 aliphatic heterocycles. The molecule has 7 heteroatoms. The van der Waals surface area contributed by atoms with Crippen LogP contribution in [0.15, 0.2) is 47.4 Å². The monoisotopic (exact) mass is 369 g/mol. The molecule has 2 aromatic carbocycles. The second kappa shape index (κ2) is 6.80. The first-order chi connectivity index (χ1) is 11.4. The van der Waals surface area contributed by atoms with Crippen molar-refractivity contribution in [3.63, 3.8) is 0 Å². The standard InChI is InChI=1S/C17H17ClFNO3S/c1-12-9-15(19)5-6-17(12)24(21,22)20-7-8-23-16(11-20)13-3-2-4-14(18)10-13/h2-6,9-10,16H,7-8,11H2,1H3. The molecule has 1 aliphatic rings. The lowest BCUT2D eigenvalue weighted by Gasteiger charge is -2.32. The number of morpholine rings is 1. The van der Waals surface area contributed by atoms with Crippen molar-refractivity contribution in [1.29, 1.82) is 0 Å². The van der Waals surface area contributed by atoms with Crippen molar-refractivity contribution >= 4 is 21.6 Å². The Bertz CT molecular complexity index is 857. The molecule has 24 heavy (non-hydrogen) atoms. The second-order valence-electron chi connectivity index (χ2n) is 5.69. The molecular formula is C17H17ClFNO3S. The molecule has 0 bridgehead atoms. The fraction of sp³-hybridized carbons (Fsp3) is 0.294. The van der Waals surface area contributed by atoms with Crippen LogP contribution in [0.3, 0.4) is 0 Å². The zero-order valence-electron chi connectivity index (χ0n) is 13.1. The summed E-state index contributed by atoms with van der Waals surface area (Å²) in [4.78, 5) is 0.121. The van der Waals surface area contributed by atoms with Gasteiger partial charge in [0.15, 0.2) is 0 Å². The molecule has 1 fully saturated rings. The molecule has 0 aliphatic carbocycles. The Labute approximate surface area is 145 Å². The van der Waals surface area contributed by atoms with Gasteiger partial charge >= 0.3 is 0 Å². The predicted octanol–water partition coefficient (Wildman–Crippen LogP) is 3.55. The zero-order valence-corrected chi connectivity index (χ0v) is 14.6. The number of ether oxygens (including phenoxy) is 1. The Balaban J connectivity index is 1.88. The van der Waals surface area contributed by atoms with E-state index in [2.05, 4.69) is 0 Å². The van der Waals surface area contributed by atoms with Crippen molar-refractivity contribution in [2.45, 2.75) is 17.9 Å². The lowest BCUT2D eigenvalue weighted by Crippen LogP contribution is -2.42. The van der Waals surface area contributed by atoms with Crippen LogP contribution < -0.4 is 0 Å². The number of rotatable bonds is 3. The summed E-state index contributed by atoms with van der Waals surface area (Å²) in [6.07, 6.45) is -0.382. The Kier molecular flexibility index (Phi) is 4.92. The molecule has 0 saturated carbocycles. The molecule has 1 unspecified atom stereocenters. The van der Waals surface area contributed by atoms with Crippen LogP contribution in [0.4, 0.5) is 4.39 Å². The molecule has 0 N–H and O–H groups in total. The molecule has 3 rings (SSSR count). The van der Waals surface area contributed by atoms with Crippen LogP contribution in [0.2, 0.25) is 5.02 Å². The summed E-state index contributed by atoms with van der Waals surface area (Å²) in [7, 11) is -3.71. The van der Waals surface area contributed by atoms with E-state index in [1.807, 2.05) is 6.07 Å². The Morgan fingerprint density at radius 3 is 2.75 bits per heavy atom. The highest BCUT2D eigenvalue weighted by Crippen LogP contribution is 2.29. The summed E-state index contributed by atoms with van der Waals surface area (Å²) in [5.41, 5.74) is 1.22. The van der Waals surface area contributed by atoms with E-state index in [-0.39, 0.29) is 30.7 Å². The van der Waals surface area contributed by atoms with E-state index < -0.39 is 15.8 Å². The minimum atomic E-state index is -3.71. The van der Waals surface area contributed by atoms with Crippen LogP contribution in [0, 0.1) is 12.7 Å². The molecule has 0 radical (unpaired) electrons. The fourth-order valence-corrected chi connectivity index (χ4v) is 4.62. The zero-order chi connectivity index (χ0) is 17.3. The summed E-state index contributed by atoms with van der Waals surface area (Å²) in [6.45, 7) is 2.33. The average molecular weight is 370 g/mol. The number of sulfonamides is 1. The van der Waals surface area contributed by atoms with Crippen LogP contribution >= 0.6 is 11.6 Å². The minimum absolute atomic E-state index is 0.121. The number of hydrogen-bond acceptors (Lipinski definition) is 3. The van der Waals surface area contributed by atoms with Crippen LogP contribution in [0.5, 0.6) is 0 Å². The lowest BCUT2D eigenvalue weighted by atomic mass is 10.1. The van der Waals surface area contributed by atoms with Crippen LogP contribution in [0.25, 0.3) is 0 Å². The molecule has 4 nitrogen and oxygen atoms in total. The second-order valence-corrected chi connectivity index (χ2v) is 8.03. The van der Waals surface area contributed by atoms with Crippen molar-refractivity contribution in [3.8, 4) is 0 Å². The smallest absolute Gasteiger partial charge is 0.243 e. The molecule has 1 atom stereocenters. The van der Waals surface area contributed by atoms with E-state index in [1.165, 1.54) is 16.4 Å². The molecule has 128 valence electrons. The van der Waals surface area contributed by atoms with Gasteiger partial charge in [-0.3, -0.25) is 0 Å². The summed E-state index contributed by atoms with van der Waals surface area (Å²) in [5, 5.41) is 0.574. The Morgan fingerprint density at radius 1 is 1.25 bits per heavy atom. The first-order valence-electron chi connectivity index (χ1n) is 7.51. The summed E-state index contributed by atoms with van der Waals surface area (Å²) >= 11 is 6.00. The highest BCUT2D eigenvalue weighted by atomic mass is 35.5. The molecular weight excluding hydrogens is 353 g/mol. The van der Waals surface area contributed by atoms with E-state index in [9.17, 15) is 12.8 Å². The van der Waals surface area contributed by atoms with E-state index >= 15 is 0 Å². The third kappa shape index (κ3) is 3.47. The van der Waals surface area contributed by atoms with Gasteiger partial charge in [-0.05, 0) is 48.4 Å². The summed E-state index contributed by atoms with van der Waals surface area (Å²) in [6, 6.07) is 10.9. The number of halogens is 2. The number of nitrogens with zero attached hydrogens (tertiary/aromatic N) is 1. The van der Waals surface area contributed by atoms with Gasteiger partial charge in [0.25, 0.3) is 0 Å². The molecule has 0 aromatic heterocycles. The van der Waals surface area contributed by atoms with Gasteiger partial charge in [0.05, 0.1) is 17.6 Å². The quantitative estimate of drug-likeness (QED) is 0.831. The summed E-state index contributed by atoms with van der Waals surface area (Å²) in [5.74, 6) is -0.453. The normalized spacial score (nSPS) is 19.4. The number of benzene rings is 2. The predicted molar refractivity (Wildman–Crippen MR) is 90.0 cm³/mol. The van der Waals surface area contributed by atoms with Gasteiger partial charge < -0.3 is 4.74 Å². The van der Waals surface area contributed by atoms with Gasteiger partial charge in [0.1, 0.15) is 5.82 Å². The molecule has 2 aromatic rings. The topological polar surface area (TPSA) is 46.6 Å². The average Bonchev–Trinajstić information content (AvgIpc) is 2.54. The van der Waals surface area contributed by atoms with Crippen LogP contribution in [0.1, 0.15) is 17.2 Å². The number of aryl methyl sites for hydroxylation is 1. The van der Waals surface area contributed by atoms with E-state index in [0.717, 1.165) is 11.6 Å². The van der Waals surface area contributed by atoms with E-state index in [4.69, 9.17) is 16.3 Å². The SMILES string of the molecule is Cc1cc(F)ccc1S(=O)(=O)N1CCOC(c2cccc(Cl)c2)C1. The van der Waals surface area contributed by atoms with Gasteiger partial charge in [-0.25, -0.2) is 12.8 Å². The minimum Gasteiger partial charge on any atom is -0.371 e. The fourth-order valence-electron chi connectivity index (χ4n) is 2.79. The Hall–Kier alpha value is -1.47. The van der Waals surface area contributed by atoms with Crippen molar-refractivity contribution in [1.82, 2.24) is 4.31 Å². The molecule has 1 heterocycles. The van der Waals surface area contributed by atoms with Gasteiger partial charge in [-0.2, -0.15) is 4.31 Å². The van der Waals surface area contributed by atoms with Gasteiger partial charge in [-0.1, -0.05) is 23.7 Å². The van der Waals surface area contributed by atoms with Crippen molar-refractivity contribution < 1.29 is 17.5 Å². The maximum absolute atomic E-state index is 13.3. The van der Waals surface area contributed by atoms with Gasteiger partial charge in [0, 0.05) is 18.1 Å². The van der Waals surface area contributed by atoms with Crippen LogP contribution in [-0.2, 0) is 14.8 Å². The van der Waals surface area contributed by atoms with Crippen molar-refractivity contribution in [3.05, 3.63) is 64.4 Å². The van der Waals surface area contributed by atoms with Crippen molar-refractivity contribution in [2.24, 2.45) is 0 Å². The third-order valence-electron chi connectivity index (χ3n) is 4.00. The summed E-state index contributed by atoms with van der Waals surface area (Å²) < 4.78 is 46.1.